The van der Waals surface area contributed by atoms with E-state index >= 15 is 0 Å². The van der Waals surface area contributed by atoms with Gasteiger partial charge in [-0.15, -0.1) is 0 Å². The molecule has 0 bridgehead atoms. The predicted molar refractivity (Wildman–Crippen MR) is 99.8 cm³/mol. The first-order valence-corrected chi connectivity index (χ1v) is 9.28. The Balaban J connectivity index is 1.34. The second-order valence-electron chi connectivity index (χ2n) is 6.83. The molecule has 3 aromatic rings. The summed E-state index contributed by atoms with van der Waals surface area (Å²) in [6.07, 6.45) is 3.10. The molecule has 1 unspecified atom stereocenters. The third-order valence-electron chi connectivity index (χ3n) is 4.84. The van der Waals surface area contributed by atoms with E-state index in [1.165, 1.54) is 12.5 Å². The Morgan fingerprint density at radius 3 is 2.78 bits per heavy atom. The van der Waals surface area contributed by atoms with E-state index in [2.05, 4.69) is 15.5 Å². The van der Waals surface area contributed by atoms with Gasteiger partial charge in [-0.25, -0.2) is 4.39 Å². The number of nitrogens with one attached hydrogen (secondary N) is 1. The maximum Gasteiger partial charge on any atom is 0.226 e. The quantitative estimate of drug-likeness (QED) is 0.684. The van der Waals surface area contributed by atoms with Crippen molar-refractivity contribution in [2.45, 2.75) is 25.9 Å². The van der Waals surface area contributed by atoms with Crippen molar-refractivity contribution in [2.24, 2.45) is 5.92 Å². The third kappa shape index (κ3) is 4.52. The summed E-state index contributed by atoms with van der Waals surface area (Å²) < 4.78 is 24.5. The summed E-state index contributed by atoms with van der Waals surface area (Å²) >= 11 is 0. The standard InChI is InChI=1S/C21H22FN3O2/c22-18-3-1-2-4-19(18)26-14-16-5-8-17(9-6-16)21-24-20(27-25-21)10-7-15-11-12-23-13-15/h1-6,8-9,15,23H,7,10-14H2. The van der Waals surface area contributed by atoms with Gasteiger partial charge < -0.3 is 14.6 Å². The van der Waals surface area contributed by atoms with E-state index in [0.29, 0.717) is 24.2 Å². The molecule has 1 aromatic heterocycles. The van der Waals surface area contributed by atoms with Crippen LogP contribution in [-0.4, -0.2) is 23.2 Å². The van der Waals surface area contributed by atoms with E-state index in [0.717, 1.165) is 37.1 Å². The maximum atomic E-state index is 13.6. The molecule has 4 rings (SSSR count). The van der Waals surface area contributed by atoms with Crippen molar-refractivity contribution >= 4 is 0 Å². The average Bonchev–Trinajstić information content (AvgIpc) is 3.38. The number of para-hydroxylation sites is 1. The van der Waals surface area contributed by atoms with Crippen molar-refractivity contribution in [1.29, 1.82) is 0 Å². The van der Waals surface area contributed by atoms with Crippen molar-refractivity contribution in [2.75, 3.05) is 13.1 Å². The molecular formula is C21H22FN3O2. The summed E-state index contributed by atoms with van der Waals surface area (Å²) in [6, 6.07) is 14.1. The zero-order valence-corrected chi connectivity index (χ0v) is 15.0. The van der Waals surface area contributed by atoms with Crippen molar-refractivity contribution in [3.63, 3.8) is 0 Å². The van der Waals surface area contributed by atoms with Gasteiger partial charge in [0.25, 0.3) is 0 Å². The Hall–Kier alpha value is -2.73. The third-order valence-corrected chi connectivity index (χ3v) is 4.84. The minimum absolute atomic E-state index is 0.252. The topological polar surface area (TPSA) is 60.2 Å². The molecule has 0 radical (unpaired) electrons. The summed E-state index contributed by atoms with van der Waals surface area (Å²) in [5.74, 6) is 1.87. The smallest absolute Gasteiger partial charge is 0.226 e. The number of hydrogen-bond donors (Lipinski definition) is 1. The van der Waals surface area contributed by atoms with Crippen LogP contribution in [0.1, 0.15) is 24.3 Å². The van der Waals surface area contributed by atoms with Crippen LogP contribution in [0.2, 0.25) is 0 Å². The zero-order chi connectivity index (χ0) is 18.5. The first kappa shape index (κ1) is 17.7. The van der Waals surface area contributed by atoms with Crippen LogP contribution < -0.4 is 10.1 Å². The van der Waals surface area contributed by atoms with Gasteiger partial charge in [-0.3, -0.25) is 0 Å². The molecule has 6 heteroatoms. The van der Waals surface area contributed by atoms with E-state index in [1.807, 2.05) is 24.3 Å². The molecule has 27 heavy (non-hydrogen) atoms. The number of ether oxygens (including phenoxy) is 1. The van der Waals surface area contributed by atoms with Crippen LogP contribution in [0.25, 0.3) is 11.4 Å². The SMILES string of the molecule is Fc1ccccc1OCc1ccc(-c2noc(CCC3CCNC3)n2)cc1. The van der Waals surface area contributed by atoms with Crippen LogP contribution in [0.3, 0.4) is 0 Å². The van der Waals surface area contributed by atoms with Crippen molar-refractivity contribution in [1.82, 2.24) is 15.5 Å². The first-order chi connectivity index (χ1) is 13.3. The van der Waals surface area contributed by atoms with Crippen LogP contribution in [0, 0.1) is 11.7 Å². The molecule has 1 aliphatic rings. The number of halogens is 1. The monoisotopic (exact) mass is 367 g/mol. The molecule has 0 saturated carbocycles. The molecule has 1 saturated heterocycles. The fourth-order valence-electron chi connectivity index (χ4n) is 3.24. The fourth-order valence-corrected chi connectivity index (χ4v) is 3.24. The van der Waals surface area contributed by atoms with Gasteiger partial charge in [-0.2, -0.15) is 4.98 Å². The normalized spacial score (nSPS) is 16.6. The highest BCUT2D eigenvalue weighted by atomic mass is 19.1. The zero-order valence-electron chi connectivity index (χ0n) is 15.0. The van der Waals surface area contributed by atoms with Crippen LogP contribution in [0.4, 0.5) is 4.39 Å². The number of benzene rings is 2. The van der Waals surface area contributed by atoms with E-state index in [4.69, 9.17) is 9.26 Å². The van der Waals surface area contributed by atoms with E-state index < -0.39 is 0 Å². The molecule has 0 amide bonds. The maximum absolute atomic E-state index is 13.6. The Kier molecular flexibility index (Phi) is 5.44. The average molecular weight is 367 g/mol. The first-order valence-electron chi connectivity index (χ1n) is 9.28. The van der Waals surface area contributed by atoms with Gasteiger partial charge >= 0.3 is 0 Å². The lowest BCUT2D eigenvalue weighted by atomic mass is 10.0. The summed E-state index contributed by atoms with van der Waals surface area (Å²) in [7, 11) is 0. The Labute approximate surface area is 157 Å². The van der Waals surface area contributed by atoms with Crippen molar-refractivity contribution in [3.8, 4) is 17.1 Å². The lowest BCUT2D eigenvalue weighted by Crippen LogP contribution is -2.09. The Morgan fingerprint density at radius 2 is 2.00 bits per heavy atom. The van der Waals surface area contributed by atoms with Gasteiger partial charge in [0.1, 0.15) is 6.61 Å². The molecule has 1 fully saturated rings. The molecule has 1 atom stereocenters. The molecule has 0 spiro atoms. The summed E-state index contributed by atoms with van der Waals surface area (Å²) in [6.45, 7) is 2.48. The van der Waals surface area contributed by atoms with Crippen LogP contribution in [0.15, 0.2) is 53.1 Å². The van der Waals surface area contributed by atoms with Gasteiger partial charge in [-0.05, 0) is 49.5 Å². The molecule has 140 valence electrons. The highest BCUT2D eigenvalue weighted by Crippen LogP contribution is 2.21. The second kappa shape index (κ2) is 8.31. The lowest BCUT2D eigenvalue weighted by molar-refractivity contribution is 0.290. The number of aromatic nitrogens is 2. The molecule has 0 aliphatic carbocycles. The fraction of sp³-hybridized carbons (Fsp3) is 0.333. The van der Waals surface area contributed by atoms with Gasteiger partial charge in [0.15, 0.2) is 11.6 Å². The van der Waals surface area contributed by atoms with Gasteiger partial charge in [0, 0.05) is 12.0 Å². The van der Waals surface area contributed by atoms with E-state index in [1.54, 1.807) is 18.2 Å². The van der Waals surface area contributed by atoms with Gasteiger partial charge in [0.05, 0.1) is 0 Å². The largest absolute Gasteiger partial charge is 0.486 e. The number of aryl methyl sites for hydroxylation is 1. The summed E-state index contributed by atoms with van der Waals surface area (Å²) in [5.41, 5.74) is 1.83. The summed E-state index contributed by atoms with van der Waals surface area (Å²) in [5, 5.41) is 7.45. The number of nitrogens with zero attached hydrogens (tertiary/aromatic N) is 2. The Bertz CT molecular complexity index is 873. The molecule has 1 N–H and O–H groups in total. The molecule has 2 heterocycles. The highest BCUT2D eigenvalue weighted by molar-refractivity contribution is 5.54. The van der Waals surface area contributed by atoms with E-state index in [9.17, 15) is 4.39 Å². The summed E-state index contributed by atoms with van der Waals surface area (Å²) in [4.78, 5) is 4.50. The minimum Gasteiger partial charge on any atom is -0.486 e. The molecular weight excluding hydrogens is 345 g/mol. The molecule has 2 aromatic carbocycles. The number of rotatable bonds is 7. The Morgan fingerprint density at radius 1 is 1.15 bits per heavy atom. The van der Waals surface area contributed by atoms with Crippen LogP contribution in [0.5, 0.6) is 5.75 Å². The van der Waals surface area contributed by atoms with Gasteiger partial charge in [0.2, 0.25) is 11.7 Å². The molecule has 1 aliphatic heterocycles. The van der Waals surface area contributed by atoms with Crippen LogP contribution >= 0.6 is 0 Å². The highest BCUT2D eigenvalue weighted by Gasteiger charge is 2.16. The van der Waals surface area contributed by atoms with Crippen molar-refractivity contribution < 1.29 is 13.7 Å². The minimum atomic E-state index is -0.359. The molecule has 5 nitrogen and oxygen atoms in total. The second-order valence-corrected chi connectivity index (χ2v) is 6.83. The van der Waals surface area contributed by atoms with Gasteiger partial charge in [-0.1, -0.05) is 41.6 Å². The van der Waals surface area contributed by atoms with Crippen LogP contribution in [-0.2, 0) is 13.0 Å². The van der Waals surface area contributed by atoms with Crippen molar-refractivity contribution in [3.05, 3.63) is 65.8 Å². The van der Waals surface area contributed by atoms with E-state index in [-0.39, 0.29) is 11.6 Å². The predicted octanol–water partition coefficient (Wildman–Crippen LogP) is 4.00. The lowest BCUT2D eigenvalue weighted by Gasteiger charge is -2.07. The number of hydrogen-bond acceptors (Lipinski definition) is 5.